The molecule has 0 saturated carbocycles. The number of carbonyl (C=O) groups is 1. The molecule has 0 unspecified atom stereocenters. The van der Waals surface area contributed by atoms with Crippen molar-refractivity contribution in [2.75, 3.05) is 26.7 Å². The van der Waals surface area contributed by atoms with Gasteiger partial charge in [0.05, 0.1) is 12.6 Å². The summed E-state index contributed by atoms with van der Waals surface area (Å²) in [5.41, 5.74) is 2.22. The number of ether oxygens (including phenoxy) is 2. The van der Waals surface area contributed by atoms with E-state index in [1.165, 1.54) is 4.90 Å². The number of benzene rings is 2. The van der Waals surface area contributed by atoms with Crippen LogP contribution in [0.3, 0.4) is 0 Å². The SMILES string of the molecule is CN(C(=O)O)C1CCN([C@H]2c3ccccc3OC[C@@H]2OCc2cc(Br)cc(Br)c2)CC1. The number of hydrogen-bond acceptors (Lipinski definition) is 4. The number of rotatable bonds is 5. The van der Waals surface area contributed by atoms with E-state index in [1.807, 2.05) is 24.3 Å². The van der Waals surface area contributed by atoms with Gasteiger partial charge in [-0.2, -0.15) is 0 Å². The maximum Gasteiger partial charge on any atom is 0.407 e. The minimum Gasteiger partial charge on any atom is -0.490 e. The topological polar surface area (TPSA) is 62.2 Å². The number of amides is 1. The van der Waals surface area contributed by atoms with Gasteiger partial charge in [0.2, 0.25) is 0 Å². The first kappa shape index (κ1) is 22.6. The Balaban J connectivity index is 1.51. The summed E-state index contributed by atoms with van der Waals surface area (Å²) in [4.78, 5) is 15.2. The molecule has 2 atom stereocenters. The largest absolute Gasteiger partial charge is 0.490 e. The maximum absolute atomic E-state index is 11.3. The summed E-state index contributed by atoms with van der Waals surface area (Å²) in [5, 5.41) is 9.31. The summed E-state index contributed by atoms with van der Waals surface area (Å²) in [6.07, 6.45) is 0.652. The fourth-order valence-corrected chi connectivity index (χ4v) is 5.88. The Morgan fingerprint density at radius 2 is 1.87 bits per heavy atom. The second kappa shape index (κ2) is 9.90. The average molecular weight is 554 g/mol. The molecule has 8 heteroatoms. The van der Waals surface area contributed by atoms with E-state index in [4.69, 9.17) is 9.47 Å². The van der Waals surface area contributed by atoms with Crippen LogP contribution in [0.15, 0.2) is 51.4 Å². The minimum atomic E-state index is -0.865. The zero-order valence-corrected chi connectivity index (χ0v) is 20.5. The van der Waals surface area contributed by atoms with Crippen molar-refractivity contribution < 1.29 is 19.4 Å². The number of piperidine rings is 1. The van der Waals surface area contributed by atoms with Gasteiger partial charge in [0, 0.05) is 40.7 Å². The zero-order valence-electron chi connectivity index (χ0n) is 17.3. The molecule has 0 radical (unpaired) electrons. The second-order valence-corrected chi connectivity index (χ2v) is 9.91. The molecule has 4 rings (SSSR count). The number of nitrogens with zero attached hydrogens (tertiary/aromatic N) is 2. The van der Waals surface area contributed by atoms with Crippen LogP contribution in [0.5, 0.6) is 5.75 Å². The molecule has 2 aromatic rings. The van der Waals surface area contributed by atoms with Crippen LogP contribution < -0.4 is 4.74 Å². The van der Waals surface area contributed by atoms with E-state index < -0.39 is 6.09 Å². The molecule has 0 aliphatic carbocycles. The van der Waals surface area contributed by atoms with Gasteiger partial charge in [0.15, 0.2) is 0 Å². The monoisotopic (exact) mass is 552 g/mol. The molecule has 0 spiro atoms. The summed E-state index contributed by atoms with van der Waals surface area (Å²) in [5.74, 6) is 0.905. The van der Waals surface area contributed by atoms with Crippen LogP contribution in [0.25, 0.3) is 0 Å². The first-order valence-electron chi connectivity index (χ1n) is 10.4. The van der Waals surface area contributed by atoms with Crippen molar-refractivity contribution in [3.8, 4) is 5.75 Å². The van der Waals surface area contributed by atoms with Crippen molar-refractivity contribution in [1.82, 2.24) is 9.80 Å². The molecule has 6 nitrogen and oxygen atoms in total. The van der Waals surface area contributed by atoms with Crippen molar-refractivity contribution in [1.29, 1.82) is 0 Å². The average Bonchev–Trinajstić information content (AvgIpc) is 2.76. The Morgan fingerprint density at radius 1 is 1.19 bits per heavy atom. The van der Waals surface area contributed by atoms with Crippen LogP contribution in [-0.2, 0) is 11.3 Å². The highest BCUT2D eigenvalue weighted by Crippen LogP contribution is 2.39. The highest BCUT2D eigenvalue weighted by molar-refractivity contribution is 9.11. The van der Waals surface area contributed by atoms with Gasteiger partial charge in [-0.05, 0) is 42.7 Å². The van der Waals surface area contributed by atoms with Gasteiger partial charge in [0.1, 0.15) is 18.5 Å². The van der Waals surface area contributed by atoms with Gasteiger partial charge in [-0.1, -0.05) is 50.1 Å². The third-order valence-corrected chi connectivity index (χ3v) is 7.04. The molecular weight excluding hydrogens is 528 g/mol. The highest BCUT2D eigenvalue weighted by Gasteiger charge is 2.38. The molecule has 0 aromatic heterocycles. The van der Waals surface area contributed by atoms with Crippen molar-refractivity contribution in [2.45, 2.75) is 37.6 Å². The van der Waals surface area contributed by atoms with Crippen molar-refractivity contribution in [3.05, 3.63) is 62.5 Å². The van der Waals surface area contributed by atoms with Gasteiger partial charge >= 0.3 is 6.09 Å². The number of halogens is 2. The number of likely N-dealkylation sites (tertiary alicyclic amines) is 1. The molecule has 1 fully saturated rings. The first-order valence-corrected chi connectivity index (χ1v) is 12.0. The lowest BCUT2D eigenvalue weighted by molar-refractivity contribution is -0.0667. The Hall–Kier alpha value is -1.61. The molecule has 1 saturated heterocycles. The zero-order chi connectivity index (χ0) is 22.0. The molecule has 2 aliphatic rings. The molecule has 2 aliphatic heterocycles. The Morgan fingerprint density at radius 3 is 2.55 bits per heavy atom. The van der Waals surface area contributed by atoms with Crippen LogP contribution in [0.2, 0.25) is 0 Å². The van der Waals surface area contributed by atoms with E-state index in [2.05, 4.69) is 55.0 Å². The first-order chi connectivity index (χ1) is 14.9. The van der Waals surface area contributed by atoms with Crippen molar-refractivity contribution >= 4 is 38.0 Å². The lowest BCUT2D eigenvalue weighted by Crippen LogP contribution is -2.50. The predicted octanol–water partition coefficient (Wildman–Crippen LogP) is 5.30. The quantitative estimate of drug-likeness (QED) is 0.544. The molecule has 166 valence electrons. The second-order valence-electron chi connectivity index (χ2n) is 8.08. The fraction of sp³-hybridized carbons (Fsp3) is 0.435. The van der Waals surface area contributed by atoms with Gasteiger partial charge in [-0.25, -0.2) is 4.79 Å². The molecule has 2 heterocycles. The van der Waals surface area contributed by atoms with Crippen LogP contribution in [0.4, 0.5) is 4.79 Å². The lowest BCUT2D eigenvalue weighted by Gasteiger charge is -2.44. The minimum absolute atomic E-state index is 0.0576. The Labute approximate surface area is 199 Å². The van der Waals surface area contributed by atoms with E-state index in [0.29, 0.717) is 13.2 Å². The highest BCUT2D eigenvalue weighted by atomic mass is 79.9. The maximum atomic E-state index is 11.3. The molecule has 31 heavy (non-hydrogen) atoms. The smallest absolute Gasteiger partial charge is 0.407 e. The normalized spacial score (nSPS) is 21.9. The summed E-state index contributed by atoms with van der Waals surface area (Å²) in [6, 6.07) is 14.4. The van der Waals surface area contributed by atoms with Crippen molar-refractivity contribution in [3.63, 3.8) is 0 Å². The summed E-state index contributed by atoms with van der Waals surface area (Å²) in [7, 11) is 1.66. The number of carboxylic acid groups (broad SMARTS) is 1. The molecule has 1 amide bonds. The van der Waals surface area contributed by atoms with Gasteiger partial charge < -0.3 is 19.5 Å². The van der Waals surface area contributed by atoms with E-state index in [1.54, 1.807) is 7.05 Å². The number of para-hydroxylation sites is 1. The molecule has 2 aromatic carbocycles. The lowest BCUT2D eigenvalue weighted by atomic mass is 9.93. The van der Waals surface area contributed by atoms with E-state index in [-0.39, 0.29) is 18.2 Å². The summed E-state index contributed by atoms with van der Waals surface area (Å²) in [6.45, 7) is 2.63. The molecule has 0 bridgehead atoms. The number of hydrogen-bond donors (Lipinski definition) is 1. The predicted molar refractivity (Wildman–Crippen MR) is 125 cm³/mol. The van der Waals surface area contributed by atoms with Crippen LogP contribution >= 0.6 is 31.9 Å². The van der Waals surface area contributed by atoms with Crippen LogP contribution in [-0.4, -0.2) is 59.9 Å². The third kappa shape index (κ3) is 5.25. The van der Waals surface area contributed by atoms with E-state index in [0.717, 1.165) is 51.8 Å². The summed E-state index contributed by atoms with van der Waals surface area (Å²) < 4.78 is 14.4. The van der Waals surface area contributed by atoms with Gasteiger partial charge in [0.25, 0.3) is 0 Å². The molecule has 1 N–H and O–H groups in total. The number of fused-ring (bicyclic) bond motifs is 1. The van der Waals surface area contributed by atoms with E-state index >= 15 is 0 Å². The summed E-state index contributed by atoms with van der Waals surface area (Å²) >= 11 is 7.08. The van der Waals surface area contributed by atoms with Gasteiger partial charge in [-0.3, -0.25) is 4.90 Å². The molecular formula is C23H26Br2N2O4. The third-order valence-electron chi connectivity index (χ3n) is 6.12. The fourth-order valence-electron chi connectivity index (χ4n) is 4.50. The van der Waals surface area contributed by atoms with Crippen molar-refractivity contribution in [2.24, 2.45) is 0 Å². The van der Waals surface area contributed by atoms with Gasteiger partial charge in [-0.15, -0.1) is 0 Å². The van der Waals surface area contributed by atoms with Crippen LogP contribution in [0.1, 0.15) is 30.0 Å². The van der Waals surface area contributed by atoms with E-state index in [9.17, 15) is 9.90 Å². The Kier molecular flexibility index (Phi) is 7.21. The Bertz CT molecular complexity index is 913. The van der Waals surface area contributed by atoms with Crippen LogP contribution in [0, 0.1) is 0 Å². The standard InChI is InChI=1S/C23H26Br2N2O4/c1-26(23(28)29)18-6-8-27(9-7-18)22-19-4-2-3-5-20(19)31-14-21(22)30-13-15-10-16(24)12-17(25)11-15/h2-5,10-12,18,21-22H,6-9,13-14H2,1H3,(H,28,29)/t21-,22-/m0/s1.